The van der Waals surface area contributed by atoms with Crippen molar-refractivity contribution in [3.63, 3.8) is 0 Å². The number of carbonyl (C=O) groups is 1. The quantitative estimate of drug-likeness (QED) is 0.769. The van der Waals surface area contributed by atoms with Crippen LogP contribution in [0.4, 0.5) is 0 Å². The Hall–Kier alpha value is -1.33. The predicted octanol–water partition coefficient (Wildman–Crippen LogP) is 1.20. The van der Waals surface area contributed by atoms with E-state index in [1.54, 1.807) is 39.8 Å². The maximum Gasteiger partial charge on any atom is 0.335 e. The first-order valence-electron chi connectivity index (χ1n) is 5.70. The first-order valence-corrected chi connectivity index (χ1v) is 5.70. The van der Waals surface area contributed by atoms with Crippen molar-refractivity contribution < 1.29 is 19.7 Å². The Labute approximate surface area is 108 Å². The first kappa shape index (κ1) is 14.7. The molecule has 1 aromatic rings. The fourth-order valence-corrected chi connectivity index (χ4v) is 1.06. The highest BCUT2D eigenvalue weighted by Gasteiger charge is 2.35. The lowest BCUT2D eigenvalue weighted by molar-refractivity contribution is -0.0893. The summed E-state index contributed by atoms with van der Waals surface area (Å²) in [5.74, 6) is -0.959. The molecule has 0 aromatic heterocycles. The molecule has 0 aliphatic heterocycles. The number of carboxylic acids is 1. The number of rotatable bonds is 5. The van der Waals surface area contributed by atoms with E-state index in [4.69, 9.17) is 9.76 Å². The number of carboxylic acid groups (broad SMARTS) is 1. The summed E-state index contributed by atoms with van der Waals surface area (Å²) < 4.78 is 5.56. The van der Waals surface area contributed by atoms with Gasteiger partial charge in [0, 0.05) is 0 Å². The number of hydrogen-bond donors (Lipinski definition) is 2. The summed E-state index contributed by atoms with van der Waals surface area (Å²) >= 11 is 0. The highest BCUT2D eigenvalue weighted by molar-refractivity contribution is 6.47. The molecule has 0 unspecified atom stereocenters. The Balaban J connectivity index is 2.67. The summed E-state index contributed by atoms with van der Waals surface area (Å²) in [4.78, 5) is 10.7. The van der Waals surface area contributed by atoms with Gasteiger partial charge >= 0.3 is 13.5 Å². The minimum atomic E-state index is -0.982. The molecular formula is C13H18BO4. The molecular weight excluding hydrogens is 231 g/mol. The number of aliphatic hydroxyl groups is 1. The third-order valence-electron chi connectivity index (χ3n) is 3.12. The van der Waals surface area contributed by atoms with Crippen molar-refractivity contribution in [3.8, 4) is 0 Å². The fraction of sp³-hybridized carbons (Fsp3) is 0.462. The van der Waals surface area contributed by atoms with E-state index in [2.05, 4.69) is 0 Å². The van der Waals surface area contributed by atoms with Crippen molar-refractivity contribution in [1.29, 1.82) is 0 Å². The molecule has 0 spiro atoms. The van der Waals surface area contributed by atoms with Gasteiger partial charge in [0.15, 0.2) is 0 Å². The van der Waals surface area contributed by atoms with E-state index in [0.29, 0.717) is 0 Å². The molecule has 5 heteroatoms. The van der Waals surface area contributed by atoms with Crippen LogP contribution < -0.4 is 5.46 Å². The van der Waals surface area contributed by atoms with Crippen molar-refractivity contribution in [2.45, 2.75) is 38.9 Å². The van der Waals surface area contributed by atoms with E-state index < -0.39 is 17.2 Å². The molecule has 1 radical (unpaired) electrons. The van der Waals surface area contributed by atoms with Crippen LogP contribution in [0.15, 0.2) is 24.3 Å². The van der Waals surface area contributed by atoms with Crippen LogP contribution in [0.1, 0.15) is 38.1 Å². The van der Waals surface area contributed by atoms with E-state index in [0.717, 1.165) is 5.46 Å². The predicted molar refractivity (Wildman–Crippen MR) is 70.3 cm³/mol. The largest absolute Gasteiger partial charge is 0.478 e. The second kappa shape index (κ2) is 5.12. The van der Waals surface area contributed by atoms with Crippen LogP contribution in [-0.2, 0) is 4.65 Å². The third kappa shape index (κ3) is 3.58. The van der Waals surface area contributed by atoms with Gasteiger partial charge in [0.05, 0.1) is 16.8 Å². The smallest absolute Gasteiger partial charge is 0.335 e. The van der Waals surface area contributed by atoms with Crippen LogP contribution in [0.5, 0.6) is 0 Å². The normalized spacial score (nSPS) is 12.3. The molecule has 0 saturated heterocycles. The lowest BCUT2D eigenvalue weighted by atomic mass is 9.82. The van der Waals surface area contributed by atoms with Crippen molar-refractivity contribution >= 4 is 18.9 Å². The van der Waals surface area contributed by atoms with Gasteiger partial charge in [-0.05, 0) is 39.8 Å². The Bertz CT molecular complexity index is 418. The Morgan fingerprint density at radius 2 is 1.67 bits per heavy atom. The van der Waals surface area contributed by atoms with Crippen LogP contribution in [0, 0.1) is 0 Å². The highest BCUT2D eigenvalue weighted by atomic mass is 16.5. The standard InChI is InChI=1S/C13H18BO4/c1-12(2,17)13(3,4)18-14-10-7-5-9(6-8-10)11(15)16/h5-8,17H,1-4H3,(H,15,16). The van der Waals surface area contributed by atoms with Crippen LogP contribution in [-0.4, -0.2) is 34.9 Å². The zero-order valence-electron chi connectivity index (χ0n) is 11.1. The number of aromatic carboxylic acids is 1. The van der Waals surface area contributed by atoms with Gasteiger partial charge in [-0.15, -0.1) is 0 Å². The van der Waals surface area contributed by atoms with Crippen molar-refractivity contribution in [2.75, 3.05) is 0 Å². The Morgan fingerprint density at radius 1 is 1.17 bits per heavy atom. The van der Waals surface area contributed by atoms with Gasteiger partial charge < -0.3 is 14.9 Å². The molecule has 0 aliphatic rings. The van der Waals surface area contributed by atoms with Crippen LogP contribution in [0.25, 0.3) is 0 Å². The summed E-state index contributed by atoms with van der Waals surface area (Å²) in [7, 11) is 1.52. The molecule has 0 atom stereocenters. The molecule has 0 fully saturated rings. The fourth-order valence-electron chi connectivity index (χ4n) is 1.06. The summed E-state index contributed by atoms with van der Waals surface area (Å²) in [5, 5.41) is 18.7. The van der Waals surface area contributed by atoms with Crippen LogP contribution in [0.3, 0.4) is 0 Å². The third-order valence-corrected chi connectivity index (χ3v) is 3.12. The highest BCUT2D eigenvalue weighted by Crippen LogP contribution is 2.24. The second-order valence-electron chi connectivity index (χ2n) is 5.23. The molecule has 1 aromatic carbocycles. The molecule has 18 heavy (non-hydrogen) atoms. The average Bonchev–Trinajstić information content (AvgIpc) is 2.25. The SMILES string of the molecule is CC(C)(O)C(C)(C)O[B]c1ccc(C(=O)O)cc1. The van der Waals surface area contributed by atoms with Crippen LogP contribution in [0.2, 0.25) is 0 Å². The van der Waals surface area contributed by atoms with Gasteiger partial charge in [0.25, 0.3) is 0 Å². The van der Waals surface area contributed by atoms with E-state index in [1.807, 2.05) is 0 Å². The van der Waals surface area contributed by atoms with Crippen molar-refractivity contribution in [1.82, 2.24) is 0 Å². The second-order valence-corrected chi connectivity index (χ2v) is 5.23. The zero-order valence-corrected chi connectivity index (χ0v) is 11.1. The average molecular weight is 249 g/mol. The van der Waals surface area contributed by atoms with Gasteiger partial charge in [0.2, 0.25) is 0 Å². The molecule has 0 amide bonds. The summed E-state index contributed by atoms with van der Waals surface area (Å²) in [6, 6.07) is 6.33. The van der Waals surface area contributed by atoms with Crippen LogP contribution >= 0.6 is 0 Å². The minimum Gasteiger partial charge on any atom is -0.478 e. The Morgan fingerprint density at radius 3 is 2.06 bits per heavy atom. The van der Waals surface area contributed by atoms with Gasteiger partial charge in [-0.1, -0.05) is 17.6 Å². The molecule has 0 aliphatic carbocycles. The number of hydrogen-bond acceptors (Lipinski definition) is 3. The summed E-state index contributed by atoms with van der Waals surface area (Å²) in [5.41, 5.74) is -0.741. The molecule has 4 nitrogen and oxygen atoms in total. The molecule has 0 heterocycles. The maximum atomic E-state index is 10.7. The number of benzene rings is 1. The monoisotopic (exact) mass is 249 g/mol. The summed E-state index contributed by atoms with van der Waals surface area (Å²) in [6.45, 7) is 6.92. The zero-order chi connectivity index (χ0) is 14.0. The van der Waals surface area contributed by atoms with E-state index in [-0.39, 0.29) is 5.56 Å². The van der Waals surface area contributed by atoms with Gasteiger partial charge in [0.1, 0.15) is 0 Å². The van der Waals surface area contributed by atoms with E-state index >= 15 is 0 Å². The summed E-state index contributed by atoms with van der Waals surface area (Å²) in [6.07, 6.45) is 0. The van der Waals surface area contributed by atoms with Crippen molar-refractivity contribution in [3.05, 3.63) is 29.8 Å². The first-order chi connectivity index (χ1) is 8.13. The topological polar surface area (TPSA) is 66.8 Å². The molecule has 0 bridgehead atoms. The molecule has 2 N–H and O–H groups in total. The maximum absolute atomic E-state index is 10.7. The molecule has 0 saturated carbocycles. The Kier molecular flexibility index (Phi) is 4.19. The molecule has 1 rings (SSSR count). The van der Waals surface area contributed by atoms with E-state index in [1.165, 1.54) is 19.6 Å². The lowest BCUT2D eigenvalue weighted by Crippen LogP contribution is -2.49. The molecule has 97 valence electrons. The van der Waals surface area contributed by atoms with Crippen molar-refractivity contribution in [2.24, 2.45) is 0 Å². The van der Waals surface area contributed by atoms with Gasteiger partial charge in [-0.2, -0.15) is 0 Å². The van der Waals surface area contributed by atoms with E-state index in [9.17, 15) is 9.90 Å². The van der Waals surface area contributed by atoms with Gasteiger partial charge in [-0.25, -0.2) is 4.79 Å². The lowest BCUT2D eigenvalue weighted by Gasteiger charge is -2.37. The minimum absolute atomic E-state index is 0.230. The van der Waals surface area contributed by atoms with Gasteiger partial charge in [-0.3, -0.25) is 0 Å².